The number of hydrogen-bond acceptors (Lipinski definition) is 5. The van der Waals surface area contributed by atoms with Crippen LogP contribution >= 0.6 is 0 Å². The third kappa shape index (κ3) is 4.36. The highest BCUT2D eigenvalue weighted by Gasteiger charge is 2.34. The predicted octanol–water partition coefficient (Wildman–Crippen LogP) is 3.52. The van der Waals surface area contributed by atoms with E-state index in [1.807, 2.05) is 12.1 Å². The zero-order valence-corrected chi connectivity index (χ0v) is 19.6. The highest BCUT2D eigenvalue weighted by Crippen LogP contribution is 2.28. The third-order valence-corrected chi connectivity index (χ3v) is 7.87. The van der Waals surface area contributed by atoms with Crippen LogP contribution in [0.3, 0.4) is 0 Å². The van der Waals surface area contributed by atoms with Crippen molar-refractivity contribution in [3.05, 3.63) is 69.9 Å². The molecule has 1 fully saturated rings. The molecule has 10 heteroatoms. The molecule has 0 atom stereocenters. The SMILES string of the molecule is CC(C)(C)c1ccc2cc(C(=O)N3CCN(S(=O)(=O)c4ccccc4[N+](=O)[O-])CC3)[nH]c2c1. The number of rotatable bonds is 4. The van der Waals surface area contributed by atoms with E-state index in [1.165, 1.54) is 28.6 Å². The van der Waals surface area contributed by atoms with Crippen molar-refractivity contribution in [3.63, 3.8) is 0 Å². The Hall–Kier alpha value is -3.24. The smallest absolute Gasteiger partial charge is 0.289 e. The van der Waals surface area contributed by atoms with Gasteiger partial charge in [0.25, 0.3) is 11.6 Å². The van der Waals surface area contributed by atoms with Crippen LogP contribution in [0.25, 0.3) is 10.9 Å². The molecule has 2 aromatic carbocycles. The molecule has 2 heterocycles. The molecule has 0 aliphatic carbocycles. The number of nitro groups is 1. The molecule has 1 N–H and O–H groups in total. The quantitative estimate of drug-likeness (QED) is 0.463. The number of nitro benzene ring substituents is 1. The third-order valence-electron chi connectivity index (χ3n) is 5.92. The zero-order valence-electron chi connectivity index (χ0n) is 18.7. The van der Waals surface area contributed by atoms with Crippen molar-refractivity contribution in [2.45, 2.75) is 31.1 Å². The average molecular weight is 471 g/mol. The second-order valence-electron chi connectivity index (χ2n) is 9.16. The summed E-state index contributed by atoms with van der Waals surface area (Å²) in [5.41, 5.74) is 2.02. The molecule has 0 bridgehead atoms. The van der Waals surface area contributed by atoms with Gasteiger partial charge in [-0.05, 0) is 29.2 Å². The van der Waals surface area contributed by atoms with E-state index in [0.29, 0.717) is 5.69 Å². The first-order valence-corrected chi connectivity index (χ1v) is 12.1. The summed E-state index contributed by atoms with van der Waals surface area (Å²) in [5, 5.41) is 12.2. The van der Waals surface area contributed by atoms with Gasteiger partial charge in [-0.1, -0.05) is 45.0 Å². The van der Waals surface area contributed by atoms with Crippen LogP contribution in [-0.2, 0) is 15.4 Å². The summed E-state index contributed by atoms with van der Waals surface area (Å²) in [5.74, 6) is -0.203. The topological polar surface area (TPSA) is 117 Å². The van der Waals surface area contributed by atoms with Gasteiger partial charge >= 0.3 is 0 Å². The lowest BCUT2D eigenvalue weighted by atomic mass is 9.87. The number of fused-ring (bicyclic) bond motifs is 1. The molecule has 174 valence electrons. The monoisotopic (exact) mass is 470 g/mol. The Morgan fingerprint density at radius 2 is 1.70 bits per heavy atom. The summed E-state index contributed by atoms with van der Waals surface area (Å²) in [6, 6.07) is 13.2. The number of sulfonamides is 1. The Labute approximate surface area is 192 Å². The van der Waals surface area contributed by atoms with Crippen LogP contribution in [0, 0.1) is 10.1 Å². The largest absolute Gasteiger partial charge is 0.351 e. The van der Waals surface area contributed by atoms with Gasteiger partial charge in [0.15, 0.2) is 4.90 Å². The first kappa shape index (κ1) is 22.9. The summed E-state index contributed by atoms with van der Waals surface area (Å²) in [7, 11) is -4.04. The minimum Gasteiger partial charge on any atom is -0.351 e. The van der Waals surface area contributed by atoms with Gasteiger partial charge in [0.2, 0.25) is 10.0 Å². The van der Waals surface area contributed by atoms with E-state index < -0.39 is 20.6 Å². The van der Waals surface area contributed by atoms with Crippen molar-refractivity contribution in [2.75, 3.05) is 26.2 Å². The fraction of sp³-hybridized carbons (Fsp3) is 0.348. The standard InChI is InChI=1S/C23H26N4O5S/c1-23(2,3)17-9-8-16-14-19(24-18(16)15-17)22(28)25-10-12-26(13-11-25)33(31,32)21-7-5-4-6-20(21)27(29)30/h4-9,14-15,24H,10-13H2,1-3H3. The molecule has 1 aliphatic rings. The Bertz CT molecular complexity index is 1330. The Morgan fingerprint density at radius 1 is 1.03 bits per heavy atom. The van der Waals surface area contributed by atoms with E-state index in [0.717, 1.165) is 16.5 Å². The van der Waals surface area contributed by atoms with Crippen LogP contribution in [0.4, 0.5) is 5.69 Å². The molecule has 4 rings (SSSR count). The normalized spacial score (nSPS) is 15.7. The number of benzene rings is 2. The van der Waals surface area contributed by atoms with Gasteiger partial charge in [0.05, 0.1) is 4.92 Å². The Morgan fingerprint density at radius 3 is 2.33 bits per heavy atom. The minimum absolute atomic E-state index is 0.0148. The number of para-hydroxylation sites is 1. The van der Waals surface area contributed by atoms with Crippen LogP contribution in [0.15, 0.2) is 53.4 Å². The molecule has 1 aliphatic heterocycles. The van der Waals surface area contributed by atoms with Crippen molar-refractivity contribution in [2.24, 2.45) is 0 Å². The number of amides is 1. The number of carbonyl (C=O) groups is 1. The van der Waals surface area contributed by atoms with Gasteiger partial charge < -0.3 is 9.88 Å². The predicted molar refractivity (Wildman–Crippen MR) is 125 cm³/mol. The zero-order chi connectivity index (χ0) is 24.0. The number of aromatic amines is 1. The first-order valence-electron chi connectivity index (χ1n) is 10.6. The molecule has 9 nitrogen and oxygen atoms in total. The van der Waals surface area contributed by atoms with E-state index in [9.17, 15) is 23.3 Å². The molecule has 0 unspecified atom stereocenters. The highest BCUT2D eigenvalue weighted by atomic mass is 32.2. The Kier molecular flexibility index (Phi) is 5.75. The molecule has 0 spiro atoms. The van der Waals surface area contributed by atoms with Crippen LogP contribution in [0.1, 0.15) is 36.8 Å². The number of H-pyrrole nitrogens is 1. The minimum atomic E-state index is -4.04. The number of nitrogens with zero attached hydrogens (tertiary/aromatic N) is 3. The van der Waals surface area contributed by atoms with Crippen LogP contribution in [-0.4, -0.2) is 59.6 Å². The average Bonchev–Trinajstić information content (AvgIpc) is 3.21. The maximum Gasteiger partial charge on any atom is 0.289 e. The number of aromatic nitrogens is 1. The molecule has 0 saturated carbocycles. The number of hydrogen-bond donors (Lipinski definition) is 1. The van der Waals surface area contributed by atoms with Crippen LogP contribution in [0.2, 0.25) is 0 Å². The number of nitrogens with one attached hydrogen (secondary N) is 1. The van der Waals surface area contributed by atoms with E-state index in [-0.39, 0.29) is 42.4 Å². The van der Waals surface area contributed by atoms with Crippen LogP contribution < -0.4 is 0 Å². The van der Waals surface area contributed by atoms with Crippen molar-refractivity contribution in [1.82, 2.24) is 14.2 Å². The second kappa shape index (κ2) is 8.27. The number of piperazine rings is 1. The maximum atomic E-state index is 13.1. The van der Waals surface area contributed by atoms with Gasteiger partial charge in [-0.25, -0.2) is 8.42 Å². The summed E-state index contributed by atoms with van der Waals surface area (Å²) in [6.07, 6.45) is 0. The lowest BCUT2D eigenvalue weighted by molar-refractivity contribution is -0.387. The van der Waals surface area contributed by atoms with Crippen molar-refractivity contribution >= 4 is 32.5 Å². The highest BCUT2D eigenvalue weighted by molar-refractivity contribution is 7.89. The van der Waals surface area contributed by atoms with Gasteiger partial charge in [-0.3, -0.25) is 14.9 Å². The van der Waals surface area contributed by atoms with Gasteiger partial charge in [0, 0.05) is 43.1 Å². The second-order valence-corrected chi connectivity index (χ2v) is 11.1. The lowest BCUT2D eigenvalue weighted by Gasteiger charge is -2.33. The summed E-state index contributed by atoms with van der Waals surface area (Å²) in [4.78, 5) is 28.1. The number of carbonyl (C=O) groups excluding carboxylic acids is 1. The molecular weight excluding hydrogens is 444 g/mol. The fourth-order valence-corrected chi connectivity index (χ4v) is 5.56. The Balaban J connectivity index is 1.50. The molecule has 1 saturated heterocycles. The molecule has 1 amide bonds. The van der Waals surface area contributed by atoms with Crippen molar-refractivity contribution in [3.8, 4) is 0 Å². The summed E-state index contributed by atoms with van der Waals surface area (Å²) >= 11 is 0. The summed E-state index contributed by atoms with van der Waals surface area (Å²) < 4.78 is 27.2. The van der Waals surface area contributed by atoms with E-state index in [1.54, 1.807) is 11.0 Å². The summed E-state index contributed by atoms with van der Waals surface area (Å²) in [6.45, 7) is 6.90. The van der Waals surface area contributed by atoms with E-state index in [2.05, 4.69) is 31.8 Å². The van der Waals surface area contributed by atoms with E-state index >= 15 is 0 Å². The molecule has 0 radical (unpaired) electrons. The van der Waals surface area contributed by atoms with Crippen molar-refractivity contribution < 1.29 is 18.1 Å². The van der Waals surface area contributed by atoms with Gasteiger partial charge in [-0.2, -0.15) is 4.31 Å². The first-order chi connectivity index (χ1) is 15.5. The fourth-order valence-electron chi connectivity index (χ4n) is 3.98. The molecule has 3 aromatic rings. The lowest BCUT2D eigenvalue weighted by Crippen LogP contribution is -2.50. The van der Waals surface area contributed by atoms with E-state index in [4.69, 9.17) is 0 Å². The maximum absolute atomic E-state index is 13.1. The van der Waals surface area contributed by atoms with Gasteiger partial charge in [0.1, 0.15) is 5.69 Å². The van der Waals surface area contributed by atoms with Crippen LogP contribution in [0.5, 0.6) is 0 Å². The van der Waals surface area contributed by atoms with Crippen molar-refractivity contribution in [1.29, 1.82) is 0 Å². The van der Waals surface area contributed by atoms with Gasteiger partial charge in [-0.15, -0.1) is 0 Å². The molecular formula is C23H26N4O5S. The molecule has 1 aromatic heterocycles. The molecule has 33 heavy (non-hydrogen) atoms.